The third kappa shape index (κ3) is 6.34. The van der Waals surface area contributed by atoms with Crippen molar-refractivity contribution in [2.24, 2.45) is 5.73 Å². The molecule has 40 heavy (non-hydrogen) atoms. The normalized spacial score (nSPS) is 17.3. The summed E-state index contributed by atoms with van der Waals surface area (Å²) in [5.74, 6) is -0.479. The van der Waals surface area contributed by atoms with Crippen molar-refractivity contribution < 1.29 is 19.1 Å². The van der Waals surface area contributed by atoms with Crippen LogP contribution in [0, 0.1) is 6.92 Å². The minimum atomic E-state index is -0.768. The number of ether oxygens (including phenoxy) is 1. The summed E-state index contributed by atoms with van der Waals surface area (Å²) < 4.78 is 5.32. The molecule has 0 aliphatic carbocycles. The van der Waals surface area contributed by atoms with Crippen LogP contribution in [0.2, 0.25) is 0 Å². The smallest absolute Gasteiger partial charge is 0.273 e. The van der Waals surface area contributed by atoms with Crippen LogP contribution in [-0.4, -0.2) is 83.2 Å². The van der Waals surface area contributed by atoms with Gasteiger partial charge in [0.25, 0.3) is 17.7 Å². The number of carbonyl (C=O) groups excluding carboxylic acids is 3. The second-order valence-corrected chi connectivity index (χ2v) is 9.90. The SMILES string of the molecule is Cc1ccc(C(=O)NC2CCCN(c3nnc(C(N)=O)c(Nc4ccc(C(=O)N5CCOCC5)cc4)n3)C2)cc1. The molecule has 3 aromatic rings. The van der Waals surface area contributed by atoms with E-state index < -0.39 is 5.91 Å². The molecule has 208 valence electrons. The molecule has 1 aromatic heterocycles. The van der Waals surface area contributed by atoms with Crippen LogP contribution < -0.4 is 21.3 Å². The van der Waals surface area contributed by atoms with Crippen molar-refractivity contribution in [3.8, 4) is 0 Å². The molecule has 2 aliphatic heterocycles. The van der Waals surface area contributed by atoms with Gasteiger partial charge in [-0.25, -0.2) is 0 Å². The summed E-state index contributed by atoms with van der Waals surface area (Å²) in [7, 11) is 0. The van der Waals surface area contributed by atoms with Crippen molar-refractivity contribution in [2.75, 3.05) is 49.6 Å². The van der Waals surface area contributed by atoms with Gasteiger partial charge in [-0.2, -0.15) is 4.98 Å². The predicted octanol–water partition coefficient (Wildman–Crippen LogP) is 1.89. The average Bonchev–Trinajstić information content (AvgIpc) is 2.98. The number of rotatable bonds is 7. The number of carbonyl (C=O) groups is 3. The zero-order chi connectivity index (χ0) is 28.1. The van der Waals surface area contributed by atoms with Gasteiger partial charge in [-0.15, -0.1) is 10.2 Å². The number of anilines is 3. The molecule has 4 N–H and O–H groups in total. The number of aromatic nitrogens is 3. The Kier molecular flexibility index (Phi) is 8.15. The van der Waals surface area contributed by atoms with Crippen LogP contribution in [0.4, 0.5) is 17.5 Å². The van der Waals surface area contributed by atoms with Gasteiger partial charge >= 0.3 is 0 Å². The van der Waals surface area contributed by atoms with Gasteiger partial charge in [-0.3, -0.25) is 14.4 Å². The molecule has 2 aromatic carbocycles. The number of nitrogens with one attached hydrogen (secondary N) is 2. The summed E-state index contributed by atoms with van der Waals surface area (Å²) in [6.07, 6.45) is 1.64. The Bertz CT molecular complexity index is 1370. The molecule has 0 saturated carbocycles. The van der Waals surface area contributed by atoms with Crippen LogP contribution in [-0.2, 0) is 4.74 Å². The fourth-order valence-corrected chi connectivity index (χ4v) is 4.74. The van der Waals surface area contributed by atoms with Crippen molar-refractivity contribution in [3.63, 3.8) is 0 Å². The number of nitrogens with two attached hydrogens (primary N) is 1. The number of nitrogens with zero attached hydrogens (tertiary/aromatic N) is 5. The summed E-state index contributed by atoms with van der Waals surface area (Å²) in [5, 5.41) is 14.4. The lowest BCUT2D eigenvalue weighted by atomic mass is 10.1. The average molecular weight is 545 g/mol. The quantitative estimate of drug-likeness (QED) is 0.404. The highest BCUT2D eigenvalue weighted by atomic mass is 16.5. The molecule has 2 aliphatic rings. The molecule has 0 bridgehead atoms. The molecule has 2 saturated heterocycles. The van der Waals surface area contributed by atoms with Crippen LogP contribution >= 0.6 is 0 Å². The highest BCUT2D eigenvalue weighted by Crippen LogP contribution is 2.23. The lowest BCUT2D eigenvalue weighted by Gasteiger charge is -2.33. The van der Waals surface area contributed by atoms with E-state index in [4.69, 9.17) is 10.5 Å². The first-order chi connectivity index (χ1) is 19.4. The van der Waals surface area contributed by atoms with Gasteiger partial charge in [0.2, 0.25) is 5.95 Å². The molecule has 5 rings (SSSR count). The Morgan fingerprint density at radius 2 is 1.65 bits per heavy atom. The molecular weight excluding hydrogens is 512 g/mol. The standard InChI is InChI=1S/C28H32N8O4/c1-18-4-6-19(7-5-18)26(38)31-22-3-2-12-36(17-22)28-32-25(23(24(29)37)33-34-28)30-21-10-8-20(9-11-21)27(39)35-13-15-40-16-14-35/h4-11,22H,2-3,12-17H2,1H3,(H2,29,37)(H,31,38)(H,30,32,34). The van der Waals surface area contributed by atoms with E-state index in [1.807, 2.05) is 36.1 Å². The van der Waals surface area contributed by atoms with Crippen molar-refractivity contribution in [3.05, 3.63) is 70.9 Å². The van der Waals surface area contributed by atoms with Gasteiger partial charge in [-0.1, -0.05) is 17.7 Å². The van der Waals surface area contributed by atoms with E-state index >= 15 is 0 Å². The summed E-state index contributed by atoms with van der Waals surface area (Å²) in [6, 6.07) is 14.2. The lowest BCUT2D eigenvalue weighted by molar-refractivity contribution is 0.0303. The number of hydrogen-bond acceptors (Lipinski definition) is 9. The topological polar surface area (TPSA) is 156 Å². The number of piperidine rings is 1. The summed E-state index contributed by atoms with van der Waals surface area (Å²) in [5.41, 5.74) is 8.30. The van der Waals surface area contributed by atoms with Gasteiger partial charge in [0.05, 0.1) is 13.2 Å². The molecule has 12 nitrogen and oxygen atoms in total. The fraction of sp³-hybridized carbons (Fsp3) is 0.357. The first kappa shape index (κ1) is 27.0. The Morgan fingerprint density at radius 1 is 0.950 bits per heavy atom. The highest BCUT2D eigenvalue weighted by molar-refractivity contribution is 5.97. The van der Waals surface area contributed by atoms with E-state index in [0.29, 0.717) is 62.2 Å². The second-order valence-electron chi connectivity index (χ2n) is 9.90. The van der Waals surface area contributed by atoms with E-state index in [9.17, 15) is 14.4 Å². The van der Waals surface area contributed by atoms with Crippen molar-refractivity contribution in [1.29, 1.82) is 0 Å². The Balaban J connectivity index is 1.28. The molecular formula is C28H32N8O4. The van der Waals surface area contributed by atoms with E-state index in [0.717, 1.165) is 18.4 Å². The molecule has 0 spiro atoms. The third-order valence-corrected chi connectivity index (χ3v) is 6.96. The monoisotopic (exact) mass is 544 g/mol. The second kappa shape index (κ2) is 12.1. The van der Waals surface area contributed by atoms with Crippen molar-refractivity contribution >= 4 is 35.2 Å². The predicted molar refractivity (Wildman–Crippen MR) is 149 cm³/mol. The molecule has 3 amide bonds. The van der Waals surface area contributed by atoms with E-state index in [1.165, 1.54) is 0 Å². The summed E-state index contributed by atoms with van der Waals surface area (Å²) in [4.78, 5) is 45.8. The Morgan fingerprint density at radius 3 is 2.35 bits per heavy atom. The lowest BCUT2D eigenvalue weighted by Crippen LogP contribution is -2.48. The number of amides is 3. The zero-order valence-corrected chi connectivity index (χ0v) is 22.3. The summed E-state index contributed by atoms with van der Waals surface area (Å²) >= 11 is 0. The summed E-state index contributed by atoms with van der Waals surface area (Å²) in [6.45, 7) is 5.32. The number of aryl methyl sites for hydroxylation is 1. The van der Waals surface area contributed by atoms with Gasteiger partial charge in [0, 0.05) is 49.0 Å². The minimum absolute atomic E-state index is 0.0622. The molecule has 0 radical (unpaired) electrons. The Labute approximate surface area is 231 Å². The first-order valence-corrected chi connectivity index (χ1v) is 13.3. The highest BCUT2D eigenvalue weighted by Gasteiger charge is 2.26. The first-order valence-electron chi connectivity index (χ1n) is 13.3. The van der Waals surface area contributed by atoms with Gasteiger partial charge < -0.3 is 30.9 Å². The van der Waals surface area contributed by atoms with Crippen LogP contribution in [0.1, 0.15) is 49.6 Å². The molecule has 12 heteroatoms. The maximum atomic E-state index is 12.7. The minimum Gasteiger partial charge on any atom is -0.378 e. The number of primary amides is 1. The van der Waals surface area contributed by atoms with Crippen LogP contribution in [0.3, 0.4) is 0 Å². The van der Waals surface area contributed by atoms with Gasteiger partial charge in [0.15, 0.2) is 11.5 Å². The number of benzene rings is 2. The Hall–Kier alpha value is -4.58. The third-order valence-electron chi connectivity index (χ3n) is 6.96. The van der Waals surface area contributed by atoms with Crippen molar-refractivity contribution in [2.45, 2.75) is 25.8 Å². The zero-order valence-electron chi connectivity index (χ0n) is 22.3. The molecule has 1 unspecified atom stereocenters. The maximum Gasteiger partial charge on any atom is 0.273 e. The fourth-order valence-electron chi connectivity index (χ4n) is 4.74. The largest absolute Gasteiger partial charge is 0.378 e. The van der Waals surface area contributed by atoms with Crippen LogP contribution in [0.5, 0.6) is 0 Å². The van der Waals surface area contributed by atoms with Crippen molar-refractivity contribution in [1.82, 2.24) is 25.4 Å². The van der Waals surface area contributed by atoms with E-state index in [1.54, 1.807) is 29.2 Å². The number of hydrogen-bond donors (Lipinski definition) is 3. The van der Waals surface area contributed by atoms with E-state index in [-0.39, 0.29) is 29.4 Å². The van der Waals surface area contributed by atoms with E-state index in [2.05, 4.69) is 25.8 Å². The maximum absolute atomic E-state index is 12.7. The van der Waals surface area contributed by atoms with Gasteiger partial charge in [0.1, 0.15) is 0 Å². The molecule has 1 atom stereocenters. The van der Waals surface area contributed by atoms with Crippen LogP contribution in [0.25, 0.3) is 0 Å². The van der Waals surface area contributed by atoms with Crippen LogP contribution in [0.15, 0.2) is 48.5 Å². The molecule has 3 heterocycles. The number of morpholine rings is 1. The van der Waals surface area contributed by atoms with Gasteiger partial charge in [-0.05, 0) is 56.2 Å². The molecule has 2 fully saturated rings.